The van der Waals surface area contributed by atoms with E-state index >= 15 is 0 Å². The summed E-state index contributed by atoms with van der Waals surface area (Å²) >= 11 is 0. The normalized spacial score (nSPS) is 18.2. The molecule has 4 heteroatoms. The Kier molecular flexibility index (Phi) is 3.83. The predicted molar refractivity (Wildman–Crippen MR) is 77.5 cm³/mol. The zero-order valence-corrected chi connectivity index (χ0v) is 12.1. The summed E-state index contributed by atoms with van der Waals surface area (Å²) in [5.41, 5.74) is 2.77. The van der Waals surface area contributed by atoms with Gasteiger partial charge in [-0.3, -0.25) is 0 Å². The predicted octanol–water partition coefficient (Wildman–Crippen LogP) is 3.04. The lowest BCUT2D eigenvalue weighted by Crippen LogP contribution is -2.21. The van der Waals surface area contributed by atoms with Crippen LogP contribution in [0, 0.1) is 0 Å². The van der Waals surface area contributed by atoms with Crippen LogP contribution >= 0.6 is 0 Å². The van der Waals surface area contributed by atoms with Gasteiger partial charge in [0, 0.05) is 6.04 Å². The highest BCUT2D eigenvalue weighted by Crippen LogP contribution is 2.35. The fourth-order valence-corrected chi connectivity index (χ4v) is 2.78. The molecule has 4 nitrogen and oxygen atoms in total. The topological polar surface area (TPSA) is 51.0 Å². The van der Waals surface area contributed by atoms with E-state index in [4.69, 9.17) is 4.42 Å². The lowest BCUT2D eigenvalue weighted by atomic mass is 9.83. The summed E-state index contributed by atoms with van der Waals surface area (Å²) in [4.78, 5) is 0. The van der Waals surface area contributed by atoms with E-state index in [0.29, 0.717) is 18.5 Å². The third-order valence-corrected chi connectivity index (χ3v) is 3.81. The fraction of sp³-hybridized carbons (Fsp3) is 0.500. The lowest BCUT2D eigenvalue weighted by molar-refractivity contribution is 0.396. The van der Waals surface area contributed by atoms with E-state index in [1.54, 1.807) is 0 Å². The first-order valence-corrected chi connectivity index (χ1v) is 7.37. The standard InChI is InChI=1S/C16H21N3O/c1-11(2)17-10-15-18-19-16(20-15)14-9-5-7-12-6-3-4-8-13(12)14/h3-4,6,8,11,14,17H,5,7,9-10H2,1-2H3. The zero-order valence-electron chi connectivity index (χ0n) is 12.1. The van der Waals surface area contributed by atoms with Crippen LogP contribution in [0.4, 0.5) is 0 Å². The number of hydrogen-bond donors (Lipinski definition) is 1. The monoisotopic (exact) mass is 271 g/mol. The van der Waals surface area contributed by atoms with Crippen LogP contribution in [0.1, 0.15) is 55.5 Å². The Balaban J connectivity index is 1.80. The summed E-state index contributed by atoms with van der Waals surface area (Å²) in [5, 5.41) is 11.7. The number of fused-ring (bicyclic) bond motifs is 1. The third kappa shape index (κ3) is 2.75. The van der Waals surface area contributed by atoms with Gasteiger partial charge < -0.3 is 9.73 Å². The molecule has 3 rings (SSSR count). The van der Waals surface area contributed by atoms with Crippen LogP contribution < -0.4 is 5.32 Å². The van der Waals surface area contributed by atoms with Crippen LogP contribution in [0.5, 0.6) is 0 Å². The molecule has 1 aromatic heterocycles. The minimum absolute atomic E-state index is 0.264. The van der Waals surface area contributed by atoms with Crippen LogP contribution in [0.15, 0.2) is 28.7 Å². The SMILES string of the molecule is CC(C)NCc1nnc(C2CCCc3ccccc32)o1. The molecular weight excluding hydrogens is 250 g/mol. The minimum atomic E-state index is 0.264. The molecule has 0 saturated heterocycles. The Morgan fingerprint density at radius 3 is 3.00 bits per heavy atom. The number of nitrogens with zero attached hydrogens (tertiary/aromatic N) is 2. The Bertz CT molecular complexity index is 577. The van der Waals surface area contributed by atoms with Gasteiger partial charge in [0.15, 0.2) is 0 Å². The molecule has 0 aliphatic heterocycles. The molecule has 20 heavy (non-hydrogen) atoms. The van der Waals surface area contributed by atoms with Crippen molar-refractivity contribution < 1.29 is 4.42 Å². The lowest BCUT2D eigenvalue weighted by Gasteiger charge is -2.22. The van der Waals surface area contributed by atoms with Gasteiger partial charge in [0.1, 0.15) is 0 Å². The van der Waals surface area contributed by atoms with Gasteiger partial charge in [0.05, 0.1) is 12.5 Å². The first kappa shape index (κ1) is 13.3. The Morgan fingerprint density at radius 1 is 1.30 bits per heavy atom. The molecule has 106 valence electrons. The first-order chi connectivity index (χ1) is 9.74. The van der Waals surface area contributed by atoms with E-state index in [2.05, 4.69) is 53.6 Å². The quantitative estimate of drug-likeness (QED) is 0.928. The number of rotatable bonds is 4. The average molecular weight is 271 g/mol. The highest BCUT2D eigenvalue weighted by Gasteiger charge is 2.26. The molecule has 1 heterocycles. The number of aromatic nitrogens is 2. The summed E-state index contributed by atoms with van der Waals surface area (Å²) in [6.45, 7) is 4.85. The summed E-state index contributed by atoms with van der Waals surface area (Å²) in [6.07, 6.45) is 3.43. The van der Waals surface area contributed by atoms with Crippen LogP contribution in [0.25, 0.3) is 0 Å². The Morgan fingerprint density at radius 2 is 2.15 bits per heavy atom. The van der Waals surface area contributed by atoms with Crippen molar-refractivity contribution in [3.8, 4) is 0 Å². The molecule has 1 aromatic carbocycles. The smallest absolute Gasteiger partial charge is 0.230 e. The van der Waals surface area contributed by atoms with E-state index in [1.807, 2.05) is 0 Å². The molecule has 1 unspecified atom stereocenters. The van der Waals surface area contributed by atoms with Crippen LogP contribution in [0.2, 0.25) is 0 Å². The van der Waals surface area contributed by atoms with Crippen LogP contribution in [-0.2, 0) is 13.0 Å². The molecule has 1 aliphatic carbocycles. The van der Waals surface area contributed by atoms with Crippen LogP contribution in [-0.4, -0.2) is 16.2 Å². The highest BCUT2D eigenvalue weighted by atomic mass is 16.4. The summed E-state index contributed by atoms with van der Waals surface area (Å²) in [6, 6.07) is 9.01. The molecule has 0 fully saturated rings. The van der Waals surface area contributed by atoms with E-state index < -0.39 is 0 Å². The largest absolute Gasteiger partial charge is 0.423 e. The number of nitrogens with one attached hydrogen (secondary N) is 1. The molecule has 0 spiro atoms. The van der Waals surface area contributed by atoms with E-state index in [-0.39, 0.29) is 5.92 Å². The van der Waals surface area contributed by atoms with Crippen molar-refractivity contribution in [3.63, 3.8) is 0 Å². The molecule has 0 amide bonds. The van der Waals surface area contributed by atoms with Gasteiger partial charge in [-0.15, -0.1) is 10.2 Å². The van der Waals surface area contributed by atoms with Crippen molar-refractivity contribution in [1.82, 2.24) is 15.5 Å². The van der Waals surface area contributed by atoms with Gasteiger partial charge in [0.2, 0.25) is 11.8 Å². The molecule has 1 N–H and O–H groups in total. The summed E-state index contributed by atoms with van der Waals surface area (Å²) < 4.78 is 5.85. The second-order valence-corrected chi connectivity index (χ2v) is 5.71. The maximum Gasteiger partial charge on any atom is 0.230 e. The minimum Gasteiger partial charge on any atom is -0.423 e. The van der Waals surface area contributed by atoms with Gasteiger partial charge in [-0.05, 0) is 30.4 Å². The first-order valence-electron chi connectivity index (χ1n) is 7.37. The van der Waals surface area contributed by atoms with Crippen molar-refractivity contribution in [1.29, 1.82) is 0 Å². The van der Waals surface area contributed by atoms with E-state index in [1.165, 1.54) is 17.5 Å². The fourth-order valence-electron chi connectivity index (χ4n) is 2.78. The van der Waals surface area contributed by atoms with Gasteiger partial charge in [-0.2, -0.15) is 0 Å². The van der Waals surface area contributed by atoms with Crippen molar-refractivity contribution in [2.24, 2.45) is 0 Å². The maximum absolute atomic E-state index is 5.85. The van der Waals surface area contributed by atoms with Gasteiger partial charge in [0.25, 0.3) is 0 Å². The van der Waals surface area contributed by atoms with E-state index in [9.17, 15) is 0 Å². The van der Waals surface area contributed by atoms with Crippen LogP contribution in [0.3, 0.4) is 0 Å². The maximum atomic E-state index is 5.85. The van der Waals surface area contributed by atoms with Crippen molar-refractivity contribution >= 4 is 0 Å². The molecule has 1 atom stereocenters. The zero-order chi connectivity index (χ0) is 13.9. The number of aryl methyl sites for hydroxylation is 1. The molecular formula is C16H21N3O. The van der Waals surface area contributed by atoms with Crippen molar-refractivity contribution in [3.05, 3.63) is 47.2 Å². The molecule has 0 radical (unpaired) electrons. The number of hydrogen-bond acceptors (Lipinski definition) is 4. The molecule has 0 bridgehead atoms. The second kappa shape index (κ2) is 5.75. The third-order valence-electron chi connectivity index (χ3n) is 3.81. The Labute approximate surface area is 119 Å². The molecule has 1 aliphatic rings. The summed E-state index contributed by atoms with van der Waals surface area (Å²) in [5.74, 6) is 1.70. The Hall–Kier alpha value is -1.68. The van der Waals surface area contributed by atoms with Gasteiger partial charge in [-0.25, -0.2) is 0 Å². The summed E-state index contributed by atoms with van der Waals surface area (Å²) in [7, 11) is 0. The molecule has 0 saturated carbocycles. The van der Waals surface area contributed by atoms with Crippen molar-refractivity contribution in [2.45, 2.75) is 51.6 Å². The number of benzene rings is 1. The van der Waals surface area contributed by atoms with Crippen molar-refractivity contribution in [2.75, 3.05) is 0 Å². The van der Waals surface area contributed by atoms with Gasteiger partial charge >= 0.3 is 0 Å². The highest BCUT2D eigenvalue weighted by molar-refractivity contribution is 5.35. The van der Waals surface area contributed by atoms with E-state index in [0.717, 1.165) is 18.7 Å². The van der Waals surface area contributed by atoms with Gasteiger partial charge in [-0.1, -0.05) is 38.1 Å². The molecule has 2 aromatic rings. The average Bonchev–Trinajstić information content (AvgIpc) is 2.93. The second-order valence-electron chi connectivity index (χ2n) is 5.71.